The third kappa shape index (κ3) is 4.66. The molecule has 1 saturated carbocycles. The van der Waals surface area contributed by atoms with E-state index in [1.165, 1.54) is 18.4 Å². The number of carbonyl (C=O) groups is 2. The molecule has 1 saturated heterocycles. The standard InChI is InChI=1S/C22H32N2O2/c1-16(22(23)26)19-9-5-8-17(14-19)10-11-20-12-13-21(25)24(20)15-18-6-3-2-4-7-18/h2-4,6-7,16-17,19-20H,5,8-15H2,1H3,(H2,23,26). The van der Waals surface area contributed by atoms with Crippen LogP contribution in [0.4, 0.5) is 0 Å². The van der Waals surface area contributed by atoms with Crippen LogP contribution in [-0.4, -0.2) is 22.8 Å². The van der Waals surface area contributed by atoms with Crippen molar-refractivity contribution in [2.45, 2.75) is 70.9 Å². The minimum absolute atomic E-state index is 0.0135. The Labute approximate surface area is 157 Å². The molecule has 4 heteroatoms. The molecule has 2 aliphatic rings. The Morgan fingerprint density at radius 3 is 2.69 bits per heavy atom. The first kappa shape index (κ1) is 18.9. The fourth-order valence-corrected chi connectivity index (χ4v) is 4.80. The second kappa shape index (κ2) is 8.70. The Kier molecular flexibility index (Phi) is 6.33. The average Bonchev–Trinajstić information content (AvgIpc) is 3.00. The first-order valence-electron chi connectivity index (χ1n) is 10.2. The van der Waals surface area contributed by atoms with E-state index in [-0.39, 0.29) is 11.8 Å². The van der Waals surface area contributed by atoms with E-state index < -0.39 is 0 Å². The van der Waals surface area contributed by atoms with Crippen molar-refractivity contribution < 1.29 is 9.59 Å². The molecule has 4 atom stereocenters. The number of carbonyl (C=O) groups excluding carboxylic acids is 2. The molecule has 0 radical (unpaired) electrons. The van der Waals surface area contributed by atoms with E-state index in [2.05, 4.69) is 17.0 Å². The Hall–Kier alpha value is -1.84. The van der Waals surface area contributed by atoms with Crippen LogP contribution < -0.4 is 5.73 Å². The van der Waals surface area contributed by atoms with Crippen LogP contribution in [0, 0.1) is 17.8 Å². The monoisotopic (exact) mass is 356 g/mol. The number of nitrogens with two attached hydrogens (primary N) is 1. The molecule has 4 nitrogen and oxygen atoms in total. The molecule has 1 aliphatic heterocycles. The highest BCUT2D eigenvalue weighted by Crippen LogP contribution is 2.37. The zero-order valence-corrected chi connectivity index (χ0v) is 15.9. The summed E-state index contributed by atoms with van der Waals surface area (Å²) in [6.07, 6.45) is 8.60. The summed E-state index contributed by atoms with van der Waals surface area (Å²) in [6.45, 7) is 2.71. The van der Waals surface area contributed by atoms with Crippen LogP contribution in [0.5, 0.6) is 0 Å². The third-order valence-electron chi connectivity index (χ3n) is 6.54. The lowest BCUT2D eigenvalue weighted by atomic mass is 9.74. The van der Waals surface area contributed by atoms with E-state index in [0.717, 1.165) is 38.6 Å². The molecule has 142 valence electrons. The number of primary amides is 1. The normalized spacial score (nSPS) is 27.5. The van der Waals surface area contributed by atoms with Gasteiger partial charge < -0.3 is 10.6 Å². The van der Waals surface area contributed by atoms with Crippen molar-refractivity contribution in [3.05, 3.63) is 35.9 Å². The van der Waals surface area contributed by atoms with Crippen LogP contribution in [0.15, 0.2) is 30.3 Å². The van der Waals surface area contributed by atoms with Gasteiger partial charge >= 0.3 is 0 Å². The predicted molar refractivity (Wildman–Crippen MR) is 103 cm³/mol. The minimum Gasteiger partial charge on any atom is -0.369 e. The number of hydrogen-bond donors (Lipinski definition) is 1. The van der Waals surface area contributed by atoms with Crippen molar-refractivity contribution in [3.8, 4) is 0 Å². The summed E-state index contributed by atoms with van der Waals surface area (Å²) in [5, 5.41) is 0. The lowest BCUT2D eigenvalue weighted by Gasteiger charge is -2.33. The van der Waals surface area contributed by atoms with E-state index in [9.17, 15) is 9.59 Å². The molecular weight excluding hydrogens is 324 g/mol. The first-order chi connectivity index (χ1) is 12.5. The molecule has 1 aliphatic carbocycles. The average molecular weight is 357 g/mol. The van der Waals surface area contributed by atoms with Crippen molar-refractivity contribution in [1.29, 1.82) is 0 Å². The molecule has 1 aromatic carbocycles. The van der Waals surface area contributed by atoms with E-state index in [4.69, 9.17) is 5.73 Å². The second-order valence-electron chi connectivity index (χ2n) is 8.26. The molecule has 1 aromatic rings. The van der Waals surface area contributed by atoms with Gasteiger partial charge in [0.1, 0.15) is 0 Å². The van der Waals surface area contributed by atoms with Gasteiger partial charge in [0.25, 0.3) is 0 Å². The number of amides is 2. The molecule has 2 amide bonds. The van der Waals surface area contributed by atoms with Crippen LogP contribution in [0.1, 0.15) is 63.9 Å². The van der Waals surface area contributed by atoms with E-state index in [1.807, 2.05) is 25.1 Å². The van der Waals surface area contributed by atoms with Crippen molar-refractivity contribution in [1.82, 2.24) is 4.90 Å². The molecule has 0 bridgehead atoms. The van der Waals surface area contributed by atoms with Crippen molar-refractivity contribution in [2.24, 2.45) is 23.5 Å². The summed E-state index contributed by atoms with van der Waals surface area (Å²) < 4.78 is 0. The molecule has 0 spiro atoms. The van der Waals surface area contributed by atoms with Crippen LogP contribution in [0.25, 0.3) is 0 Å². The summed E-state index contributed by atoms with van der Waals surface area (Å²) in [6, 6.07) is 10.6. The second-order valence-corrected chi connectivity index (χ2v) is 8.26. The Bertz CT molecular complexity index is 616. The fraction of sp³-hybridized carbons (Fsp3) is 0.636. The van der Waals surface area contributed by atoms with Gasteiger partial charge in [-0.15, -0.1) is 0 Å². The van der Waals surface area contributed by atoms with Gasteiger partial charge in [0.05, 0.1) is 0 Å². The highest BCUT2D eigenvalue weighted by Gasteiger charge is 2.33. The smallest absolute Gasteiger partial charge is 0.223 e. The van der Waals surface area contributed by atoms with Crippen LogP contribution >= 0.6 is 0 Å². The maximum absolute atomic E-state index is 12.3. The maximum atomic E-state index is 12.3. The van der Waals surface area contributed by atoms with Crippen LogP contribution in [0.3, 0.4) is 0 Å². The van der Waals surface area contributed by atoms with E-state index in [1.54, 1.807) is 0 Å². The lowest BCUT2D eigenvalue weighted by molar-refractivity contribution is -0.129. The summed E-state index contributed by atoms with van der Waals surface area (Å²) in [5.74, 6) is 1.23. The molecular formula is C22H32N2O2. The van der Waals surface area contributed by atoms with Crippen molar-refractivity contribution in [2.75, 3.05) is 0 Å². The van der Waals surface area contributed by atoms with Crippen molar-refractivity contribution in [3.63, 3.8) is 0 Å². The fourth-order valence-electron chi connectivity index (χ4n) is 4.80. The van der Waals surface area contributed by atoms with Crippen LogP contribution in [0.2, 0.25) is 0 Å². The summed E-state index contributed by atoms with van der Waals surface area (Å²) in [7, 11) is 0. The highest BCUT2D eigenvalue weighted by atomic mass is 16.2. The molecule has 2 N–H and O–H groups in total. The number of nitrogens with zero attached hydrogens (tertiary/aromatic N) is 1. The van der Waals surface area contributed by atoms with Gasteiger partial charge in [-0.05, 0) is 49.5 Å². The van der Waals surface area contributed by atoms with E-state index in [0.29, 0.717) is 30.2 Å². The molecule has 3 rings (SSSR count). The zero-order chi connectivity index (χ0) is 18.5. The van der Waals surface area contributed by atoms with Crippen LogP contribution in [-0.2, 0) is 16.1 Å². The van der Waals surface area contributed by atoms with Gasteiger partial charge in [0.2, 0.25) is 11.8 Å². The largest absolute Gasteiger partial charge is 0.369 e. The van der Waals surface area contributed by atoms with Gasteiger partial charge in [0, 0.05) is 24.9 Å². The summed E-state index contributed by atoms with van der Waals surface area (Å²) >= 11 is 0. The quantitative estimate of drug-likeness (QED) is 0.805. The number of likely N-dealkylation sites (tertiary alicyclic amines) is 1. The molecule has 0 aromatic heterocycles. The Balaban J connectivity index is 1.53. The van der Waals surface area contributed by atoms with Gasteiger partial charge in [-0.25, -0.2) is 0 Å². The topological polar surface area (TPSA) is 63.4 Å². The molecule has 26 heavy (non-hydrogen) atoms. The van der Waals surface area contributed by atoms with Gasteiger partial charge in [-0.3, -0.25) is 9.59 Å². The summed E-state index contributed by atoms with van der Waals surface area (Å²) in [4.78, 5) is 25.9. The zero-order valence-electron chi connectivity index (χ0n) is 15.9. The van der Waals surface area contributed by atoms with Gasteiger partial charge in [0.15, 0.2) is 0 Å². The number of hydrogen-bond acceptors (Lipinski definition) is 2. The maximum Gasteiger partial charge on any atom is 0.223 e. The third-order valence-corrected chi connectivity index (χ3v) is 6.54. The Morgan fingerprint density at radius 2 is 1.96 bits per heavy atom. The minimum atomic E-state index is -0.161. The van der Waals surface area contributed by atoms with E-state index >= 15 is 0 Å². The SMILES string of the molecule is CC(C(N)=O)C1CCCC(CCC2CCC(=O)N2Cc2ccccc2)C1. The van der Waals surface area contributed by atoms with Gasteiger partial charge in [-0.1, -0.05) is 50.1 Å². The molecule has 4 unspecified atom stereocenters. The predicted octanol–water partition coefficient (Wildman–Crippen LogP) is 3.89. The van der Waals surface area contributed by atoms with Crippen molar-refractivity contribution >= 4 is 11.8 Å². The summed E-state index contributed by atoms with van der Waals surface area (Å²) in [5.41, 5.74) is 6.72. The molecule has 1 heterocycles. The Morgan fingerprint density at radius 1 is 1.19 bits per heavy atom. The first-order valence-corrected chi connectivity index (χ1v) is 10.2. The number of benzene rings is 1. The van der Waals surface area contributed by atoms with Gasteiger partial charge in [-0.2, -0.15) is 0 Å². The lowest BCUT2D eigenvalue weighted by Crippen LogP contribution is -2.34. The number of rotatable bonds is 7. The highest BCUT2D eigenvalue weighted by molar-refractivity contribution is 5.78. The molecule has 2 fully saturated rings.